The topological polar surface area (TPSA) is 12.5 Å². The van der Waals surface area contributed by atoms with Gasteiger partial charge in [0, 0.05) is 13.1 Å². The Kier molecular flexibility index (Phi) is 5.20. The summed E-state index contributed by atoms with van der Waals surface area (Å²) in [4.78, 5) is 2.02. The minimum Gasteiger partial charge on any atom is -0.468 e. The summed E-state index contributed by atoms with van der Waals surface area (Å²) in [5, 5.41) is 0.616. The van der Waals surface area contributed by atoms with Gasteiger partial charge in [-0.05, 0) is 39.9 Å². The van der Waals surface area contributed by atoms with Crippen molar-refractivity contribution in [1.82, 2.24) is 4.90 Å². The highest BCUT2D eigenvalue weighted by molar-refractivity contribution is 7.80. The fraction of sp³-hybridized carbons (Fsp3) is 0.875. The van der Waals surface area contributed by atoms with Crippen LogP contribution in [-0.2, 0) is 4.74 Å². The van der Waals surface area contributed by atoms with E-state index < -0.39 is 0 Å². The molecule has 3 heteroatoms. The molecule has 0 heterocycles. The molecule has 0 rings (SSSR count). The Balaban J connectivity index is 3.79. The van der Waals surface area contributed by atoms with Crippen molar-refractivity contribution < 1.29 is 4.74 Å². The van der Waals surface area contributed by atoms with Crippen LogP contribution in [0.4, 0.5) is 0 Å². The lowest BCUT2D eigenvalue weighted by molar-refractivity contribution is 0.191. The highest BCUT2D eigenvalue weighted by atomic mass is 32.1. The molecule has 11 heavy (non-hydrogen) atoms. The third kappa shape index (κ3) is 4.19. The summed E-state index contributed by atoms with van der Waals surface area (Å²) >= 11 is 5.05. The van der Waals surface area contributed by atoms with Crippen LogP contribution in [0.1, 0.15) is 27.7 Å². The molecule has 0 unspecified atom stereocenters. The van der Waals surface area contributed by atoms with Crippen molar-refractivity contribution in [3.05, 3.63) is 0 Å². The SMILES string of the molecule is CCN(CC)C(=S)OC(C)C. The van der Waals surface area contributed by atoms with Gasteiger partial charge >= 0.3 is 0 Å². The van der Waals surface area contributed by atoms with E-state index in [-0.39, 0.29) is 6.10 Å². The Labute approximate surface area is 74.5 Å². The molecule has 0 spiro atoms. The van der Waals surface area contributed by atoms with Gasteiger partial charge in [0.25, 0.3) is 5.17 Å². The van der Waals surface area contributed by atoms with Crippen molar-refractivity contribution in [2.75, 3.05) is 13.1 Å². The molecule has 0 aromatic carbocycles. The molecule has 0 N–H and O–H groups in total. The molecule has 0 aromatic rings. The highest BCUT2D eigenvalue weighted by Gasteiger charge is 2.06. The fourth-order valence-electron chi connectivity index (χ4n) is 0.758. The van der Waals surface area contributed by atoms with E-state index >= 15 is 0 Å². The highest BCUT2D eigenvalue weighted by Crippen LogP contribution is 1.97. The van der Waals surface area contributed by atoms with E-state index in [0.717, 1.165) is 13.1 Å². The minimum atomic E-state index is 0.183. The summed E-state index contributed by atoms with van der Waals surface area (Å²) in [6, 6.07) is 0. The first-order valence-electron chi connectivity index (χ1n) is 4.07. The molecule has 66 valence electrons. The van der Waals surface area contributed by atoms with Gasteiger partial charge in [0.15, 0.2) is 0 Å². The third-order valence-corrected chi connectivity index (χ3v) is 1.71. The number of rotatable bonds is 3. The monoisotopic (exact) mass is 175 g/mol. The molecule has 0 fully saturated rings. The minimum absolute atomic E-state index is 0.183. The van der Waals surface area contributed by atoms with Gasteiger partial charge in [-0.25, -0.2) is 0 Å². The summed E-state index contributed by atoms with van der Waals surface area (Å²) in [6.45, 7) is 9.94. The average Bonchev–Trinajstić information content (AvgIpc) is 1.88. The molecule has 2 nitrogen and oxygen atoms in total. The maximum absolute atomic E-state index is 5.35. The number of hydrogen-bond acceptors (Lipinski definition) is 2. The molecule has 0 bridgehead atoms. The van der Waals surface area contributed by atoms with Crippen molar-refractivity contribution >= 4 is 17.4 Å². The van der Waals surface area contributed by atoms with Crippen molar-refractivity contribution in [2.24, 2.45) is 0 Å². The summed E-state index contributed by atoms with van der Waals surface area (Å²) in [7, 11) is 0. The Bertz CT molecular complexity index is 121. The van der Waals surface area contributed by atoms with Gasteiger partial charge in [-0.3, -0.25) is 0 Å². The van der Waals surface area contributed by atoms with Crippen LogP contribution < -0.4 is 0 Å². The molecule has 0 saturated heterocycles. The summed E-state index contributed by atoms with van der Waals surface area (Å²) in [5.41, 5.74) is 0. The van der Waals surface area contributed by atoms with Gasteiger partial charge in [-0.2, -0.15) is 0 Å². The normalized spacial score (nSPS) is 9.91. The zero-order valence-electron chi connectivity index (χ0n) is 7.76. The van der Waals surface area contributed by atoms with E-state index in [1.54, 1.807) is 0 Å². The van der Waals surface area contributed by atoms with E-state index in [4.69, 9.17) is 17.0 Å². The predicted molar refractivity (Wildman–Crippen MR) is 51.7 cm³/mol. The molecule has 0 atom stereocenters. The Morgan fingerprint density at radius 2 is 1.82 bits per heavy atom. The van der Waals surface area contributed by atoms with Gasteiger partial charge < -0.3 is 9.64 Å². The second-order valence-corrected chi connectivity index (χ2v) is 2.95. The number of thiocarbonyl (C=S) groups is 1. The van der Waals surface area contributed by atoms with Crippen LogP contribution in [0.5, 0.6) is 0 Å². The van der Waals surface area contributed by atoms with Crippen LogP contribution in [0.25, 0.3) is 0 Å². The lowest BCUT2D eigenvalue weighted by atomic mass is 10.5. The van der Waals surface area contributed by atoms with Crippen LogP contribution in [0.3, 0.4) is 0 Å². The predicted octanol–water partition coefficient (Wildman–Crippen LogP) is 2.04. The Morgan fingerprint density at radius 1 is 1.36 bits per heavy atom. The smallest absolute Gasteiger partial charge is 0.259 e. The van der Waals surface area contributed by atoms with Crippen LogP contribution in [0.2, 0.25) is 0 Å². The molecule has 0 aliphatic rings. The van der Waals surface area contributed by atoms with E-state index in [2.05, 4.69) is 13.8 Å². The van der Waals surface area contributed by atoms with Crippen LogP contribution in [0, 0.1) is 0 Å². The fourth-order valence-corrected chi connectivity index (χ4v) is 1.21. The molecule has 0 amide bonds. The average molecular weight is 175 g/mol. The van der Waals surface area contributed by atoms with Gasteiger partial charge in [0.1, 0.15) is 0 Å². The lowest BCUT2D eigenvalue weighted by Gasteiger charge is -2.22. The van der Waals surface area contributed by atoms with E-state index in [1.807, 2.05) is 18.7 Å². The second-order valence-electron chi connectivity index (χ2n) is 2.60. The van der Waals surface area contributed by atoms with Crippen molar-refractivity contribution in [3.8, 4) is 0 Å². The third-order valence-electron chi connectivity index (χ3n) is 1.36. The quantitative estimate of drug-likeness (QED) is 0.609. The number of ether oxygens (including phenoxy) is 1. The van der Waals surface area contributed by atoms with Crippen LogP contribution in [0.15, 0.2) is 0 Å². The molecule has 0 aliphatic heterocycles. The van der Waals surface area contributed by atoms with Crippen molar-refractivity contribution in [1.29, 1.82) is 0 Å². The summed E-state index contributed by atoms with van der Waals surface area (Å²) in [5.74, 6) is 0. The molecule has 0 radical (unpaired) electrons. The van der Waals surface area contributed by atoms with E-state index in [9.17, 15) is 0 Å². The molecule has 0 aromatic heterocycles. The zero-order valence-corrected chi connectivity index (χ0v) is 8.57. The maximum atomic E-state index is 5.35. The maximum Gasteiger partial charge on any atom is 0.259 e. The first kappa shape index (κ1) is 10.7. The zero-order chi connectivity index (χ0) is 8.85. The van der Waals surface area contributed by atoms with E-state index in [1.165, 1.54) is 0 Å². The molecule has 0 aliphatic carbocycles. The molecular formula is C8H17NOS. The Morgan fingerprint density at radius 3 is 2.09 bits per heavy atom. The first-order chi connectivity index (χ1) is 5.11. The number of nitrogens with zero attached hydrogens (tertiary/aromatic N) is 1. The standard InChI is InChI=1S/C8H17NOS/c1-5-9(6-2)8(11)10-7(3)4/h7H,5-6H2,1-4H3. The van der Waals surface area contributed by atoms with Gasteiger partial charge in [0.2, 0.25) is 0 Å². The Hall–Kier alpha value is -0.310. The van der Waals surface area contributed by atoms with Gasteiger partial charge in [-0.15, -0.1) is 0 Å². The van der Waals surface area contributed by atoms with Crippen molar-refractivity contribution in [3.63, 3.8) is 0 Å². The first-order valence-corrected chi connectivity index (χ1v) is 4.48. The second kappa shape index (κ2) is 5.35. The van der Waals surface area contributed by atoms with Crippen LogP contribution in [-0.4, -0.2) is 29.3 Å². The van der Waals surface area contributed by atoms with Gasteiger partial charge in [-0.1, -0.05) is 0 Å². The summed E-state index contributed by atoms with van der Waals surface area (Å²) in [6.07, 6.45) is 0.183. The molecular weight excluding hydrogens is 158 g/mol. The lowest BCUT2D eigenvalue weighted by Crippen LogP contribution is -2.32. The van der Waals surface area contributed by atoms with Gasteiger partial charge in [0.05, 0.1) is 6.10 Å². The largest absolute Gasteiger partial charge is 0.468 e. The van der Waals surface area contributed by atoms with E-state index in [0.29, 0.717) is 5.17 Å². The van der Waals surface area contributed by atoms with Crippen molar-refractivity contribution in [2.45, 2.75) is 33.8 Å². The number of hydrogen-bond donors (Lipinski definition) is 0. The van der Waals surface area contributed by atoms with Crippen LogP contribution >= 0.6 is 12.2 Å². The summed E-state index contributed by atoms with van der Waals surface area (Å²) < 4.78 is 5.35. The molecule has 0 saturated carbocycles.